The highest BCUT2D eigenvalue weighted by Crippen LogP contribution is 2.20. The summed E-state index contributed by atoms with van der Waals surface area (Å²) >= 11 is 0. The van der Waals surface area contributed by atoms with E-state index in [-0.39, 0.29) is 12.0 Å². The van der Waals surface area contributed by atoms with Gasteiger partial charge in [-0.2, -0.15) is 4.31 Å². The van der Waals surface area contributed by atoms with Crippen LogP contribution in [0.1, 0.15) is 24.8 Å². The van der Waals surface area contributed by atoms with E-state index in [0.717, 1.165) is 24.8 Å². The van der Waals surface area contributed by atoms with Crippen molar-refractivity contribution in [2.24, 2.45) is 0 Å². The minimum Gasteiger partial charge on any atom is -0.368 e. The SMILES string of the molecule is Cc1ccc(S(=O)(=O)N2CCN(C(=O)[C@H]3CCCCO3)CC2)cc1. The highest BCUT2D eigenvalue weighted by molar-refractivity contribution is 7.89. The lowest BCUT2D eigenvalue weighted by Gasteiger charge is -2.36. The fraction of sp³-hybridized carbons (Fsp3) is 0.588. The number of hydrogen-bond donors (Lipinski definition) is 0. The Bertz CT molecular complexity index is 673. The zero-order valence-electron chi connectivity index (χ0n) is 14.0. The Balaban J connectivity index is 1.62. The number of rotatable bonds is 3. The Kier molecular flexibility index (Phi) is 5.22. The molecular formula is C17H24N2O4S. The van der Waals surface area contributed by atoms with Crippen molar-refractivity contribution >= 4 is 15.9 Å². The molecule has 1 amide bonds. The van der Waals surface area contributed by atoms with Crippen molar-refractivity contribution in [3.05, 3.63) is 29.8 Å². The second kappa shape index (κ2) is 7.21. The lowest BCUT2D eigenvalue weighted by molar-refractivity contribution is -0.147. The summed E-state index contributed by atoms with van der Waals surface area (Å²) in [7, 11) is -3.49. The molecular weight excluding hydrogens is 328 g/mol. The lowest BCUT2D eigenvalue weighted by Crippen LogP contribution is -2.53. The molecule has 1 atom stereocenters. The van der Waals surface area contributed by atoms with Gasteiger partial charge < -0.3 is 9.64 Å². The molecule has 1 aromatic rings. The van der Waals surface area contributed by atoms with E-state index in [1.807, 2.05) is 6.92 Å². The highest BCUT2D eigenvalue weighted by Gasteiger charge is 2.33. The average Bonchev–Trinajstić information content (AvgIpc) is 2.62. The van der Waals surface area contributed by atoms with Gasteiger partial charge in [0.05, 0.1) is 4.90 Å². The number of aryl methyl sites for hydroxylation is 1. The molecule has 0 saturated carbocycles. The topological polar surface area (TPSA) is 66.9 Å². The Morgan fingerprint density at radius 3 is 2.33 bits per heavy atom. The molecule has 132 valence electrons. The minimum atomic E-state index is -3.49. The Morgan fingerprint density at radius 1 is 1.08 bits per heavy atom. The molecule has 2 heterocycles. The van der Waals surface area contributed by atoms with Gasteiger partial charge in [0.25, 0.3) is 5.91 Å². The summed E-state index contributed by atoms with van der Waals surface area (Å²) in [5.74, 6) is 0.00193. The summed E-state index contributed by atoms with van der Waals surface area (Å²) < 4.78 is 32.4. The molecule has 0 spiro atoms. The Morgan fingerprint density at radius 2 is 1.75 bits per heavy atom. The molecule has 0 aliphatic carbocycles. The standard InChI is InChI=1S/C17H24N2O4S/c1-14-5-7-15(8-6-14)24(21,22)19-11-9-18(10-12-19)17(20)16-4-2-3-13-23-16/h5-8,16H,2-4,9-13H2,1H3/t16-/m1/s1. The summed E-state index contributed by atoms with van der Waals surface area (Å²) in [5.41, 5.74) is 1.02. The van der Waals surface area contributed by atoms with Crippen molar-refractivity contribution in [2.45, 2.75) is 37.2 Å². The van der Waals surface area contributed by atoms with Crippen molar-refractivity contribution in [1.29, 1.82) is 0 Å². The van der Waals surface area contributed by atoms with Crippen molar-refractivity contribution in [2.75, 3.05) is 32.8 Å². The van der Waals surface area contributed by atoms with Gasteiger partial charge in [0.1, 0.15) is 6.10 Å². The number of carbonyl (C=O) groups is 1. The first-order valence-electron chi connectivity index (χ1n) is 8.46. The van der Waals surface area contributed by atoms with Gasteiger partial charge in [-0.25, -0.2) is 8.42 Å². The van der Waals surface area contributed by atoms with Gasteiger partial charge in [-0.15, -0.1) is 0 Å². The van der Waals surface area contributed by atoms with E-state index in [4.69, 9.17) is 4.74 Å². The van der Waals surface area contributed by atoms with Gasteiger partial charge in [0, 0.05) is 32.8 Å². The van der Waals surface area contributed by atoms with Crippen LogP contribution in [0.5, 0.6) is 0 Å². The van der Waals surface area contributed by atoms with E-state index in [2.05, 4.69) is 0 Å². The van der Waals surface area contributed by atoms with Gasteiger partial charge in [-0.05, 0) is 38.3 Å². The number of sulfonamides is 1. The largest absolute Gasteiger partial charge is 0.368 e. The van der Waals surface area contributed by atoms with Crippen LogP contribution in [0.15, 0.2) is 29.2 Å². The minimum absolute atomic E-state index is 0.00193. The average molecular weight is 352 g/mol. The van der Waals surface area contributed by atoms with Gasteiger partial charge in [0.15, 0.2) is 0 Å². The fourth-order valence-corrected chi connectivity index (χ4v) is 4.57. The molecule has 0 radical (unpaired) electrons. The summed E-state index contributed by atoms with van der Waals surface area (Å²) in [6.45, 7) is 4.06. The first-order valence-corrected chi connectivity index (χ1v) is 9.90. The normalized spacial score (nSPS) is 23.2. The van der Waals surface area contributed by atoms with E-state index >= 15 is 0 Å². The lowest BCUT2D eigenvalue weighted by atomic mass is 10.1. The number of nitrogens with zero attached hydrogens (tertiary/aromatic N) is 2. The monoisotopic (exact) mass is 352 g/mol. The van der Waals surface area contributed by atoms with Crippen LogP contribution in [0.4, 0.5) is 0 Å². The summed E-state index contributed by atoms with van der Waals surface area (Å²) in [6.07, 6.45) is 2.43. The second-order valence-electron chi connectivity index (χ2n) is 6.40. The number of amides is 1. The molecule has 0 N–H and O–H groups in total. The molecule has 2 fully saturated rings. The van der Waals surface area contributed by atoms with Gasteiger partial charge in [-0.1, -0.05) is 17.7 Å². The molecule has 7 heteroatoms. The zero-order valence-corrected chi connectivity index (χ0v) is 14.8. The maximum Gasteiger partial charge on any atom is 0.251 e. The van der Waals surface area contributed by atoms with E-state index in [9.17, 15) is 13.2 Å². The molecule has 1 aromatic carbocycles. The predicted octanol–water partition coefficient (Wildman–Crippen LogP) is 1.40. The van der Waals surface area contributed by atoms with Gasteiger partial charge in [0.2, 0.25) is 10.0 Å². The smallest absolute Gasteiger partial charge is 0.251 e. The predicted molar refractivity (Wildman–Crippen MR) is 90.1 cm³/mol. The van der Waals surface area contributed by atoms with E-state index in [1.54, 1.807) is 29.2 Å². The molecule has 2 aliphatic rings. The van der Waals surface area contributed by atoms with Crippen LogP contribution in [-0.2, 0) is 19.6 Å². The van der Waals surface area contributed by atoms with Crippen molar-refractivity contribution in [1.82, 2.24) is 9.21 Å². The van der Waals surface area contributed by atoms with Crippen LogP contribution < -0.4 is 0 Å². The molecule has 0 unspecified atom stereocenters. The van der Waals surface area contributed by atoms with Crippen molar-refractivity contribution in [3.8, 4) is 0 Å². The quantitative estimate of drug-likeness (QED) is 0.825. The third-order valence-corrected chi connectivity index (χ3v) is 6.58. The molecule has 3 rings (SSSR count). The fourth-order valence-electron chi connectivity index (χ4n) is 3.15. The van der Waals surface area contributed by atoms with Crippen LogP contribution in [0.2, 0.25) is 0 Å². The summed E-state index contributed by atoms with van der Waals surface area (Å²) in [4.78, 5) is 14.5. The maximum absolute atomic E-state index is 12.7. The van der Waals surface area contributed by atoms with E-state index in [1.165, 1.54) is 4.31 Å². The second-order valence-corrected chi connectivity index (χ2v) is 8.34. The van der Waals surface area contributed by atoms with Crippen LogP contribution in [0.25, 0.3) is 0 Å². The van der Waals surface area contributed by atoms with E-state index in [0.29, 0.717) is 37.7 Å². The molecule has 2 aliphatic heterocycles. The number of benzene rings is 1. The van der Waals surface area contributed by atoms with Crippen LogP contribution in [0, 0.1) is 6.92 Å². The number of carbonyl (C=O) groups excluding carboxylic acids is 1. The first kappa shape index (κ1) is 17.4. The van der Waals surface area contributed by atoms with Crippen molar-refractivity contribution in [3.63, 3.8) is 0 Å². The molecule has 2 saturated heterocycles. The Labute approximate surface area is 143 Å². The summed E-state index contributed by atoms with van der Waals surface area (Å²) in [5, 5.41) is 0. The van der Waals surface area contributed by atoms with Crippen LogP contribution >= 0.6 is 0 Å². The van der Waals surface area contributed by atoms with Crippen LogP contribution in [0.3, 0.4) is 0 Å². The molecule has 0 aromatic heterocycles. The number of piperazine rings is 1. The highest BCUT2D eigenvalue weighted by atomic mass is 32.2. The molecule has 6 nitrogen and oxygen atoms in total. The molecule has 0 bridgehead atoms. The zero-order chi connectivity index (χ0) is 17.2. The third kappa shape index (κ3) is 3.63. The molecule has 24 heavy (non-hydrogen) atoms. The number of hydrogen-bond acceptors (Lipinski definition) is 4. The third-order valence-electron chi connectivity index (χ3n) is 4.66. The van der Waals surface area contributed by atoms with Crippen LogP contribution in [-0.4, -0.2) is 62.4 Å². The summed E-state index contributed by atoms with van der Waals surface area (Å²) in [6, 6.07) is 6.87. The Hall–Kier alpha value is -1.44. The maximum atomic E-state index is 12.7. The van der Waals surface area contributed by atoms with Gasteiger partial charge in [-0.3, -0.25) is 4.79 Å². The van der Waals surface area contributed by atoms with Crippen molar-refractivity contribution < 1.29 is 17.9 Å². The van der Waals surface area contributed by atoms with E-state index < -0.39 is 10.0 Å². The first-order chi connectivity index (χ1) is 11.5. The number of ether oxygens (including phenoxy) is 1. The van der Waals surface area contributed by atoms with Gasteiger partial charge >= 0.3 is 0 Å².